The second-order valence-electron chi connectivity index (χ2n) is 7.35. The van der Waals surface area contributed by atoms with Gasteiger partial charge in [0.05, 0.1) is 27.3 Å². The maximum absolute atomic E-state index is 13.1. The number of benzene rings is 2. The molecule has 0 spiro atoms. The first-order chi connectivity index (χ1) is 15.2. The Morgan fingerprint density at radius 1 is 1.25 bits per heavy atom. The van der Waals surface area contributed by atoms with E-state index in [1.165, 1.54) is 4.68 Å². The number of rotatable bonds is 7. The number of esters is 1. The molecule has 0 aliphatic heterocycles. The second kappa shape index (κ2) is 10.6. The van der Waals surface area contributed by atoms with Crippen molar-refractivity contribution in [3.8, 4) is 5.75 Å². The molecule has 2 aromatic carbocycles. The smallest absolute Gasteiger partial charge is 0.347 e. The molecule has 1 aromatic heterocycles. The predicted octanol–water partition coefficient (Wildman–Crippen LogP) is 5.10. The molecule has 0 saturated carbocycles. The molecule has 7 nitrogen and oxygen atoms in total. The summed E-state index contributed by atoms with van der Waals surface area (Å²) in [5.74, 6) is 0.748. The molecule has 0 amide bonds. The number of halogens is 2. The van der Waals surface area contributed by atoms with Crippen LogP contribution in [0.2, 0.25) is 0 Å². The number of hydrogen-bond donors (Lipinski definition) is 0. The van der Waals surface area contributed by atoms with E-state index < -0.39 is 12.1 Å². The average molecular weight is 612 g/mol. The fourth-order valence-corrected chi connectivity index (χ4v) is 3.99. The van der Waals surface area contributed by atoms with Crippen molar-refractivity contribution in [2.75, 3.05) is 6.61 Å². The molecule has 0 saturated heterocycles. The van der Waals surface area contributed by atoms with E-state index >= 15 is 0 Å². The molecule has 0 radical (unpaired) electrons. The first-order valence-electron chi connectivity index (χ1n) is 10.1. The Bertz CT molecular complexity index is 1240. The highest BCUT2D eigenvalue weighted by molar-refractivity contribution is 14.1. The van der Waals surface area contributed by atoms with Crippen LogP contribution in [0.25, 0.3) is 10.9 Å². The summed E-state index contributed by atoms with van der Waals surface area (Å²) in [6.07, 6.45) is 0.901. The Kier molecular flexibility index (Phi) is 8.05. The van der Waals surface area contributed by atoms with Gasteiger partial charge in [0.15, 0.2) is 6.10 Å². The summed E-state index contributed by atoms with van der Waals surface area (Å²) in [6.45, 7) is 7.64. The molecule has 3 rings (SSSR count). The summed E-state index contributed by atoms with van der Waals surface area (Å²) in [5, 5.41) is 4.94. The minimum atomic E-state index is -0.710. The van der Waals surface area contributed by atoms with E-state index in [9.17, 15) is 9.59 Å². The largest absolute Gasteiger partial charge is 0.478 e. The van der Waals surface area contributed by atoms with Crippen LogP contribution < -0.4 is 10.3 Å². The van der Waals surface area contributed by atoms with Gasteiger partial charge < -0.3 is 9.47 Å². The Morgan fingerprint density at radius 3 is 2.66 bits per heavy atom. The Labute approximate surface area is 208 Å². The van der Waals surface area contributed by atoms with Gasteiger partial charge in [-0.05, 0) is 78.4 Å². The summed E-state index contributed by atoms with van der Waals surface area (Å²) in [4.78, 5) is 29.6. The number of fused-ring (bicyclic) bond motifs is 1. The number of carbonyl (C=O) groups is 1. The van der Waals surface area contributed by atoms with Gasteiger partial charge in [0.2, 0.25) is 0 Å². The quantitative estimate of drug-likeness (QED) is 0.211. The first kappa shape index (κ1) is 24.4. The monoisotopic (exact) mass is 611 g/mol. The number of ether oxygens (including phenoxy) is 2. The minimum Gasteiger partial charge on any atom is -0.478 e. The van der Waals surface area contributed by atoms with Gasteiger partial charge in [-0.15, -0.1) is 0 Å². The molecule has 32 heavy (non-hydrogen) atoms. The van der Waals surface area contributed by atoms with Crippen molar-refractivity contribution >= 4 is 61.6 Å². The number of aromatic nitrogens is 2. The van der Waals surface area contributed by atoms with Crippen LogP contribution in [0, 0.1) is 3.57 Å². The van der Waals surface area contributed by atoms with Gasteiger partial charge in [-0.1, -0.05) is 29.8 Å². The number of hydrogen-bond acceptors (Lipinski definition) is 6. The molecular formula is C23H23BrIN3O4. The Hall–Kier alpha value is -2.27. The van der Waals surface area contributed by atoms with Gasteiger partial charge in [-0.25, -0.2) is 9.78 Å². The lowest BCUT2D eigenvalue weighted by molar-refractivity contribution is -0.150. The summed E-state index contributed by atoms with van der Waals surface area (Å²) in [5.41, 5.74) is 1.19. The molecule has 3 aromatic rings. The molecule has 0 aliphatic carbocycles. The SMILES string of the molecule is CCOC(=O)[C@H](C)Oc1ccc(C=Nn2c(C(C)C)nc3ccc(Br)cc3c2=O)cc1I. The van der Waals surface area contributed by atoms with Crippen molar-refractivity contribution in [2.24, 2.45) is 5.10 Å². The van der Waals surface area contributed by atoms with Crippen molar-refractivity contribution in [3.63, 3.8) is 0 Å². The van der Waals surface area contributed by atoms with Crippen LogP contribution in [0.15, 0.2) is 50.8 Å². The van der Waals surface area contributed by atoms with Crippen LogP contribution in [-0.4, -0.2) is 34.6 Å². The molecule has 0 unspecified atom stereocenters. The maximum atomic E-state index is 13.1. The Balaban J connectivity index is 1.93. The van der Waals surface area contributed by atoms with Crippen LogP contribution in [0.5, 0.6) is 5.75 Å². The molecule has 168 valence electrons. The second-order valence-corrected chi connectivity index (χ2v) is 9.43. The zero-order chi connectivity index (χ0) is 23.4. The van der Waals surface area contributed by atoms with Crippen molar-refractivity contribution in [1.29, 1.82) is 0 Å². The highest BCUT2D eigenvalue weighted by Crippen LogP contribution is 2.23. The van der Waals surface area contributed by atoms with E-state index in [0.717, 1.165) is 13.6 Å². The number of carbonyl (C=O) groups excluding carboxylic acids is 1. The van der Waals surface area contributed by atoms with E-state index in [4.69, 9.17) is 9.47 Å². The average Bonchev–Trinajstić information content (AvgIpc) is 2.75. The molecule has 0 fully saturated rings. The maximum Gasteiger partial charge on any atom is 0.347 e. The summed E-state index contributed by atoms with van der Waals surface area (Å²) < 4.78 is 13.6. The highest BCUT2D eigenvalue weighted by Gasteiger charge is 2.17. The van der Waals surface area contributed by atoms with Gasteiger partial charge in [0, 0.05) is 10.4 Å². The number of nitrogens with zero attached hydrogens (tertiary/aromatic N) is 3. The third-order valence-electron chi connectivity index (χ3n) is 4.55. The summed E-state index contributed by atoms with van der Waals surface area (Å²) >= 11 is 5.54. The standard InChI is InChI=1S/C23H23BrIN3O4/c1-5-31-23(30)14(4)32-20-9-6-15(10-18(20)25)12-26-28-21(13(2)3)27-19-8-7-16(24)11-17(19)22(28)29/h6-14H,5H2,1-4H3/t14-/m0/s1. The zero-order valence-electron chi connectivity index (χ0n) is 18.1. The van der Waals surface area contributed by atoms with Gasteiger partial charge in [-0.3, -0.25) is 4.79 Å². The normalized spacial score (nSPS) is 12.5. The third-order valence-corrected chi connectivity index (χ3v) is 5.89. The topological polar surface area (TPSA) is 82.8 Å². The van der Waals surface area contributed by atoms with Gasteiger partial charge >= 0.3 is 5.97 Å². The lowest BCUT2D eigenvalue weighted by Gasteiger charge is -2.15. The summed E-state index contributed by atoms with van der Waals surface area (Å²) in [7, 11) is 0. The van der Waals surface area contributed by atoms with Crippen LogP contribution in [-0.2, 0) is 9.53 Å². The lowest BCUT2D eigenvalue weighted by atomic mass is 10.2. The molecular weight excluding hydrogens is 589 g/mol. The zero-order valence-corrected chi connectivity index (χ0v) is 21.9. The third kappa shape index (κ3) is 5.55. The predicted molar refractivity (Wildman–Crippen MR) is 137 cm³/mol. The fourth-order valence-electron chi connectivity index (χ4n) is 2.97. The van der Waals surface area contributed by atoms with Crippen molar-refractivity contribution in [3.05, 3.63) is 66.2 Å². The Morgan fingerprint density at radius 2 is 2.00 bits per heavy atom. The molecule has 0 bridgehead atoms. The first-order valence-corrected chi connectivity index (χ1v) is 12.0. The van der Waals surface area contributed by atoms with Gasteiger partial charge in [0.25, 0.3) is 5.56 Å². The molecule has 1 heterocycles. The van der Waals surface area contributed by atoms with Crippen molar-refractivity contribution in [1.82, 2.24) is 9.66 Å². The van der Waals surface area contributed by atoms with E-state index in [1.54, 1.807) is 32.2 Å². The van der Waals surface area contributed by atoms with E-state index in [2.05, 4.69) is 48.6 Å². The van der Waals surface area contributed by atoms with Crippen molar-refractivity contribution < 1.29 is 14.3 Å². The van der Waals surface area contributed by atoms with Gasteiger partial charge in [-0.2, -0.15) is 9.78 Å². The highest BCUT2D eigenvalue weighted by atomic mass is 127. The van der Waals surface area contributed by atoms with Crippen LogP contribution in [0.4, 0.5) is 0 Å². The van der Waals surface area contributed by atoms with E-state index in [0.29, 0.717) is 29.1 Å². The van der Waals surface area contributed by atoms with Crippen LogP contribution in [0.1, 0.15) is 45.0 Å². The van der Waals surface area contributed by atoms with Crippen LogP contribution >= 0.6 is 38.5 Å². The fraction of sp³-hybridized carbons (Fsp3) is 0.304. The lowest BCUT2D eigenvalue weighted by Crippen LogP contribution is -2.26. The molecule has 9 heteroatoms. The molecule has 0 aliphatic rings. The van der Waals surface area contributed by atoms with Gasteiger partial charge in [0.1, 0.15) is 11.6 Å². The van der Waals surface area contributed by atoms with E-state index in [-0.39, 0.29) is 11.5 Å². The molecule has 1 atom stereocenters. The molecule has 0 N–H and O–H groups in total. The minimum absolute atomic E-state index is 0.00757. The van der Waals surface area contributed by atoms with E-state index in [1.807, 2.05) is 38.1 Å². The summed E-state index contributed by atoms with van der Waals surface area (Å²) in [6, 6.07) is 10.9. The van der Waals surface area contributed by atoms with Crippen molar-refractivity contribution in [2.45, 2.75) is 39.7 Å². The van der Waals surface area contributed by atoms with Crippen LogP contribution in [0.3, 0.4) is 0 Å².